The zero-order valence-corrected chi connectivity index (χ0v) is 31.4. The molecule has 2 fully saturated rings. The van der Waals surface area contributed by atoms with Crippen molar-refractivity contribution in [3.8, 4) is 0 Å². The number of benzene rings is 2. The molecule has 6 heterocycles. The van der Waals surface area contributed by atoms with E-state index in [2.05, 4.69) is 75.3 Å². The Bertz CT molecular complexity index is 2220. The number of nitrogens with one attached hydrogen (secondary N) is 1. The topological polar surface area (TPSA) is 125 Å². The van der Waals surface area contributed by atoms with Crippen LogP contribution in [0.3, 0.4) is 0 Å². The fourth-order valence-electron chi connectivity index (χ4n) is 7.06. The van der Waals surface area contributed by atoms with E-state index in [1.54, 1.807) is 9.80 Å². The number of halogens is 5. The fourth-order valence-corrected chi connectivity index (χ4v) is 8.22. The minimum Gasteiger partial charge on any atom is -0.314 e. The second kappa shape index (κ2) is 13.1. The van der Waals surface area contributed by atoms with Crippen LogP contribution in [0.2, 0.25) is 0 Å². The Kier molecular flexibility index (Phi) is 9.56. The number of hydrogen-bond acceptors (Lipinski definition) is 9. The third kappa shape index (κ3) is 5.79. The molecular weight excluding hydrogens is 809 g/mol. The third-order valence-electron chi connectivity index (χ3n) is 9.57. The van der Waals surface area contributed by atoms with Gasteiger partial charge in [-0.05, 0) is 49.9 Å². The SMILES string of the molecule is CCN1CC2(C1)C(=O)N(C)c1cnc3ccc(Br)cc3c12.CCOS(=O)(=O)C(F)(F)F.CN1C(=O)C2(CNC2)c2c1cnc1ccc(Br)cc21.[HH].[HH].[HH].[HH].[HH].[HH].[HH].[HH].[HH].[HH].[HH].[HH].[HH].[HH].[HH].[HH].[HH].[HH].[HH].[HH].[HH].[HH].[HH].[HH].[HH].[HH].[HH].[HH]. The van der Waals surface area contributed by atoms with Gasteiger partial charge in [-0.1, -0.05) is 38.8 Å². The minimum absolute atomic E-state index is 0. The molecule has 11 nitrogen and oxygen atoms in total. The van der Waals surface area contributed by atoms with Crippen LogP contribution in [-0.2, 0) is 34.7 Å². The van der Waals surface area contributed by atoms with Gasteiger partial charge >= 0.3 is 15.6 Å². The summed E-state index contributed by atoms with van der Waals surface area (Å²) < 4.78 is 59.2. The number of carbonyl (C=O) groups excluding carboxylic acids is 2. The van der Waals surface area contributed by atoms with Gasteiger partial charge in [0.2, 0.25) is 11.8 Å². The molecule has 50 heavy (non-hydrogen) atoms. The Balaban J connectivity index is -0.0000000243. The molecule has 4 aliphatic rings. The Hall–Kier alpha value is -3.22. The monoisotopic (exact) mass is 896 g/mol. The Labute approximate surface area is 345 Å². The molecule has 0 saturated carbocycles. The zero-order chi connectivity index (χ0) is 36.4. The summed E-state index contributed by atoms with van der Waals surface area (Å²) in [5.74, 6) is 0.381. The molecule has 17 heteroatoms. The van der Waals surface area contributed by atoms with E-state index in [-0.39, 0.29) is 62.6 Å². The molecular formula is C33H89Br2F3N6O5S. The highest BCUT2D eigenvalue weighted by Gasteiger charge is 2.58. The van der Waals surface area contributed by atoms with Gasteiger partial charge in [0.1, 0.15) is 10.8 Å². The Morgan fingerprint density at radius 2 is 1.32 bits per heavy atom. The van der Waals surface area contributed by atoms with Gasteiger partial charge < -0.3 is 20.0 Å². The molecule has 2 spiro atoms. The highest BCUT2D eigenvalue weighted by Crippen LogP contribution is 2.50. The minimum atomic E-state index is -5.35. The van der Waals surface area contributed by atoms with Crippen LogP contribution >= 0.6 is 31.9 Å². The first-order chi connectivity index (χ1) is 23.5. The maximum Gasteiger partial charge on any atom is 0.523 e. The third-order valence-corrected chi connectivity index (χ3v) is 11.7. The van der Waals surface area contributed by atoms with Gasteiger partial charge in [-0.15, -0.1) is 0 Å². The van der Waals surface area contributed by atoms with Gasteiger partial charge in [-0.25, -0.2) is 0 Å². The van der Waals surface area contributed by atoms with E-state index in [1.807, 2.05) is 50.8 Å². The van der Waals surface area contributed by atoms with Gasteiger partial charge in [0.15, 0.2) is 0 Å². The van der Waals surface area contributed by atoms with E-state index >= 15 is 0 Å². The van der Waals surface area contributed by atoms with Crippen molar-refractivity contribution in [2.75, 3.05) is 63.2 Å². The molecule has 1 N–H and O–H groups in total. The van der Waals surface area contributed by atoms with E-state index in [4.69, 9.17) is 0 Å². The average molecular weight is 899 g/mol. The van der Waals surface area contributed by atoms with Crippen molar-refractivity contribution in [3.05, 3.63) is 68.9 Å². The first kappa shape index (κ1) is 36.6. The lowest BCUT2D eigenvalue weighted by atomic mass is 9.73. The number of nitrogens with zero attached hydrogens (tertiary/aromatic N) is 5. The van der Waals surface area contributed by atoms with Crippen molar-refractivity contribution in [2.24, 2.45) is 0 Å². The predicted octanol–water partition coefficient (Wildman–Crippen LogP) is 12.1. The predicted molar refractivity (Wildman–Crippen MR) is 250 cm³/mol. The maximum atomic E-state index is 12.8. The summed E-state index contributed by atoms with van der Waals surface area (Å²) in [6.45, 7) is 6.82. The summed E-state index contributed by atoms with van der Waals surface area (Å²) in [5, 5.41) is 5.40. The zero-order valence-electron chi connectivity index (χ0n) is 27.4. The number of likely N-dealkylation sites (tertiary alicyclic amines) is 1. The quantitative estimate of drug-likeness (QED) is 0.158. The number of pyridine rings is 2. The van der Waals surface area contributed by atoms with Gasteiger partial charge in [-0.3, -0.25) is 23.7 Å². The number of carbonyl (C=O) groups is 2. The fraction of sp³-hybridized carbons (Fsp3) is 0.394. The largest absolute Gasteiger partial charge is 0.523 e. The molecule has 0 unspecified atom stereocenters. The van der Waals surface area contributed by atoms with Crippen molar-refractivity contribution >= 4 is 87.0 Å². The maximum absolute atomic E-state index is 12.8. The number of rotatable bonds is 3. The van der Waals surface area contributed by atoms with Crippen molar-refractivity contribution in [1.82, 2.24) is 20.2 Å². The molecule has 322 valence electrons. The number of hydrogen-bond donors (Lipinski definition) is 1. The molecule has 2 aromatic heterocycles. The smallest absolute Gasteiger partial charge is 0.314 e. The van der Waals surface area contributed by atoms with Crippen LogP contribution in [0.1, 0.15) is 64.9 Å². The molecule has 4 aliphatic heterocycles. The van der Waals surface area contributed by atoms with Crippen molar-refractivity contribution < 1.29 is 75.3 Å². The van der Waals surface area contributed by atoms with Crippen molar-refractivity contribution in [3.63, 3.8) is 0 Å². The summed E-state index contributed by atoms with van der Waals surface area (Å²) in [5.41, 5.74) is 0.0251. The van der Waals surface area contributed by atoms with E-state index < -0.39 is 22.2 Å². The van der Waals surface area contributed by atoms with E-state index in [9.17, 15) is 31.2 Å². The first-order valence-corrected chi connectivity index (χ1v) is 18.6. The van der Waals surface area contributed by atoms with Crippen LogP contribution in [0.25, 0.3) is 21.8 Å². The van der Waals surface area contributed by atoms with Crippen LogP contribution in [0, 0.1) is 0 Å². The second-order valence-electron chi connectivity index (χ2n) is 12.5. The van der Waals surface area contributed by atoms with Gasteiger partial charge in [0.05, 0.1) is 41.4 Å². The molecule has 8 rings (SSSR count). The molecule has 2 amide bonds. The van der Waals surface area contributed by atoms with Crippen LogP contribution in [0.5, 0.6) is 0 Å². The lowest BCUT2D eigenvalue weighted by molar-refractivity contribution is -0.129. The lowest BCUT2D eigenvalue weighted by Crippen LogP contribution is -2.63. The van der Waals surface area contributed by atoms with E-state index in [0.717, 1.165) is 92.9 Å². The number of fused-ring (bicyclic) bond motifs is 8. The molecule has 0 atom stereocenters. The number of amides is 2. The van der Waals surface area contributed by atoms with Crippen molar-refractivity contribution in [2.45, 2.75) is 30.2 Å². The Morgan fingerprint density at radius 3 is 1.70 bits per heavy atom. The van der Waals surface area contributed by atoms with Crippen LogP contribution in [0.15, 0.2) is 57.7 Å². The highest BCUT2D eigenvalue weighted by atomic mass is 79.9. The molecule has 2 aromatic carbocycles. The highest BCUT2D eigenvalue weighted by molar-refractivity contribution is 9.10. The van der Waals surface area contributed by atoms with Gasteiger partial charge in [0, 0.05) is 111 Å². The van der Waals surface area contributed by atoms with Crippen LogP contribution in [0.4, 0.5) is 24.5 Å². The molecule has 2 saturated heterocycles. The molecule has 0 aliphatic carbocycles. The normalized spacial score (nSPS) is 18.7. The number of likely N-dealkylation sites (N-methyl/N-ethyl adjacent to an activating group) is 3. The van der Waals surface area contributed by atoms with Crippen molar-refractivity contribution in [1.29, 1.82) is 0 Å². The summed E-state index contributed by atoms with van der Waals surface area (Å²) >= 11 is 7.04. The lowest BCUT2D eigenvalue weighted by Gasteiger charge is -2.46. The van der Waals surface area contributed by atoms with E-state index in [1.165, 1.54) is 0 Å². The first-order valence-electron chi connectivity index (χ1n) is 15.6. The summed E-state index contributed by atoms with van der Waals surface area (Å²) in [6, 6.07) is 12.1. The van der Waals surface area contributed by atoms with Crippen LogP contribution in [-0.4, -0.2) is 94.0 Å². The number of aromatic nitrogens is 2. The standard InChI is InChI=1S/C16H16BrN3O.C14H12BrN3O.C3H5F3O3S.28H2/c1-3-20-8-16(9-20)14-11-6-10(17)4-5-12(11)18-7-13(14)19(2)15(16)21;1-18-11-5-17-10-3-2-8(15)4-9(10)12(11)14(13(18)19)6-16-7-14;1-2-9-10(7,8)3(4,5)6;;;;;;;;;;;;;;;;;;;;;;;;;;;;/h4-7H,3,8-9H2,1-2H3;2-5,16H,6-7H2,1H3;2H2,1H3;28*1H. The average Bonchev–Trinajstić information content (AvgIpc) is 3.40. The molecule has 4 aromatic rings. The molecule has 0 bridgehead atoms. The molecule has 0 radical (unpaired) electrons. The van der Waals surface area contributed by atoms with Gasteiger partial charge in [0.25, 0.3) is 0 Å². The van der Waals surface area contributed by atoms with E-state index in [0.29, 0.717) is 0 Å². The summed E-state index contributed by atoms with van der Waals surface area (Å²) in [6.07, 6.45) is 3.66. The Morgan fingerprint density at radius 1 is 0.860 bits per heavy atom. The number of alkyl halides is 3. The summed E-state index contributed by atoms with van der Waals surface area (Å²) in [7, 11) is -1.66. The van der Waals surface area contributed by atoms with Gasteiger partial charge in [-0.2, -0.15) is 21.6 Å². The number of anilines is 2. The summed E-state index contributed by atoms with van der Waals surface area (Å²) in [4.78, 5) is 40.2. The second-order valence-corrected chi connectivity index (χ2v) is 15.9. The van der Waals surface area contributed by atoms with Crippen LogP contribution < -0.4 is 15.1 Å².